The molecule has 2 heterocycles. The van der Waals surface area contributed by atoms with E-state index in [0.29, 0.717) is 6.54 Å². The molecule has 0 atom stereocenters. The van der Waals surface area contributed by atoms with Crippen molar-refractivity contribution < 1.29 is 9.59 Å². The Morgan fingerprint density at radius 3 is 2.57 bits per heavy atom. The van der Waals surface area contributed by atoms with Crippen LogP contribution in [0.25, 0.3) is 5.69 Å². The third-order valence-electron chi connectivity index (χ3n) is 5.90. The van der Waals surface area contributed by atoms with E-state index in [4.69, 9.17) is 5.10 Å². The lowest BCUT2D eigenvalue weighted by molar-refractivity contribution is -0.125. The molecule has 7 heteroatoms. The molecule has 1 N–H and O–H groups in total. The molecule has 1 aliphatic heterocycles. The number of aryl methyl sites for hydroxylation is 1. The van der Waals surface area contributed by atoms with Gasteiger partial charge in [0.05, 0.1) is 17.1 Å². The van der Waals surface area contributed by atoms with Gasteiger partial charge in [-0.15, -0.1) is 11.8 Å². The molecule has 160 valence electrons. The summed E-state index contributed by atoms with van der Waals surface area (Å²) < 4.78 is 1.92. The van der Waals surface area contributed by atoms with Crippen LogP contribution in [0.15, 0.2) is 35.4 Å². The molecule has 1 aromatic heterocycles. The fourth-order valence-electron chi connectivity index (χ4n) is 4.36. The zero-order valence-corrected chi connectivity index (χ0v) is 18.4. The minimum Gasteiger partial charge on any atom is -0.353 e. The number of carbonyl (C=O) groups is 2. The number of aromatic nitrogens is 2. The zero-order chi connectivity index (χ0) is 20.9. The fourth-order valence-corrected chi connectivity index (χ4v) is 5.49. The van der Waals surface area contributed by atoms with Crippen molar-refractivity contribution >= 4 is 29.3 Å². The first-order valence-corrected chi connectivity index (χ1v) is 12.0. The third kappa shape index (κ3) is 4.72. The lowest BCUT2D eigenvalue weighted by Gasteiger charge is -2.27. The van der Waals surface area contributed by atoms with Gasteiger partial charge in [-0.05, 0) is 31.9 Å². The highest BCUT2D eigenvalue weighted by Crippen LogP contribution is 2.39. The molecule has 30 heavy (non-hydrogen) atoms. The number of carbonyl (C=O) groups excluding carboxylic acids is 2. The number of hydrogen-bond donors (Lipinski definition) is 1. The summed E-state index contributed by atoms with van der Waals surface area (Å²) in [6, 6.07) is 10.3. The van der Waals surface area contributed by atoms with E-state index >= 15 is 0 Å². The van der Waals surface area contributed by atoms with Gasteiger partial charge < -0.3 is 10.2 Å². The highest BCUT2D eigenvalue weighted by Gasteiger charge is 2.30. The second kappa shape index (κ2) is 9.69. The molecule has 2 aromatic rings. The summed E-state index contributed by atoms with van der Waals surface area (Å²) in [6.45, 7) is 2.60. The lowest BCUT2D eigenvalue weighted by atomic mass is 10.1. The Kier molecular flexibility index (Phi) is 6.77. The van der Waals surface area contributed by atoms with Gasteiger partial charge in [-0.25, -0.2) is 4.68 Å². The molecule has 0 bridgehead atoms. The van der Waals surface area contributed by atoms with E-state index < -0.39 is 0 Å². The summed E-state index contributed by atoms with van der Waals surface area (Å²) in [6.07, 6.45) is 7.49. The maximum absolute atomic E-state index is 13.0. The van der Waals surface area contributed by atoms with Gasteiger partial charge in [0.25, 0.3) is 0 Å². The van der Waals surface area contributed by atoms with Crippen LogP contribution in [-0.2, 0) is 9.59 Å². The molecule has 2 aliphatic rings. The van der Waals surface area contributed by atoms with E-state index in [1.54, 1.807) is 11.8 Å². The van der Waals surface area contributed by atoms with Crippen molar-refractivity contribution in [1.29, 1.82) is 0 Å². The maximum Gasteiger partial charge on any atom is 0.227 e. The topological polar surface area (TPSA) is 67.2 Å². The Hall–Kier alpha value is -2.28. The van der Waals surface area contributed by atoms with Crippen molar-refractivity contribution in [2.24, 2.45) is 0 Å². The average Bonchev–Trinajstić information content (AvgIpc) is 2.92. The molecular weight excluding hydrogens is 396 g/mol. The third-order valence-corrected chi connectivity index (χ3v) is 6.93. The molecule has 0 spiro atoms. The lowest BCUT2D eigenvalue weighted by Crippen LogP contribution is -2.38. The quantitative estimate of drug-likeness (QED) is 0.726. The maximum atomic E-state index is 13.0. The molecular formula is C23H30N4O2S. The average molecular weight is 427 g/mol. The Bertz CT molecular complexity index is 888. The molecule has 0 unspecified atom stereocenters. The fraction of sp³-hybridized carbons (Fsp3) is 0.522. The van der Waals surface area contributed by atoms with Gasteiger partial charge in [0.15, 0.2) is 0 Å². The van der Waals surface area contributed by atoms with Crippen LogP contribution in [0.3, 0.4) is 0 Å². The standard InChI is InChI=1S/C23H30N4O2S/c1-17-22-23(27(25-17)19-11-7-4-8-12-19)30-16-15-26(22)21(29)14-13-20(28)24-18-9-5-2-3-6-10-18/h4,7-8,11-12,18H,2-3,5-6,9-10,13-16H2,1H3,(H,24,28). The van der Waals surface area contributed by atoms with Gasteiger partial charge in [0, 0.05) is 31.2 Å². The summed E-state index contributed by atoms with van der Waals surface area (Å²) in [7, 11) is 0. The van der Waals surface area contributed by atoms with Crippen molar-refractivity contribution in [1.82, 2.24) is 15.1 Å². The van der Waals surface area contributed by atoms with Gasteiger partial charge in [-0.2, -0.15) is 5.10 Å². The van der Waals surface area contributed by atoms with Crippen LogP contribution in [0.1, 0.15) is 57.1 Å². The first-order chi connectivity index (χ1) is 14.6. The second-order valence-electron chi connectivity index (χ2n) is 8.14. The van der Waals surface area contributed by atoms with Crippen molar-refractivity contribution in [3.05, 3.63) is 36.0 Å². The van der Waals surface area contributed by atoms with Crippen molar-refractivity contribution in [2.75, 3.05) is 17.2 Å². The number of para-hydroxylation sites is 1. The monoisotopic (exact) mass is 426 g/mol. The Morgan fingerprint density at radius 1 is 1.10 bits per heavy atom. The highest BCUT2D eigenvalue weighted by molar-refractivity contribution is 7.99. The molecule has 6 nitrogen and oxygen atoms in total. The van der Waals surface area contributed by atoms with Gasteiger partial charge in [0.1, 0.15) is 5.03 Å². The minimum absolute atomic E-state index is 0.00133. The van der Waals surface area contributed by atoms with Gasteiger partial charge in [0.2, 0.25) is 11.8 Å². The Morgan fingerprint density at radius 2 is 1.83 bits per heavy atom. The van der Waals surface area contributed by atoms with Gasteiger partial charge in [-0.3, -0.25) is 9.59 Å². The number of amides is 2. The van der Waals surface area contributed by atoms with Crippen LogP contribution in [0.2, 0.25) is 0 Å². The number of rotatable bonds is 5. The zero-order valence-electron chi connectivity index (χ0n) is 17.6. The van der Waals surface area contributed by atoms with E-state index in [1.807, 2.05) is 46.8 Å². The molecule has 1 aliphatic carbocycles. The summed E-state index contributed by atoms with van der Waals surface area (Å²) in [4.78, 5) is 27.2. The van der Waals surface area contributed by atoms with E-state index in [0.717, 1.165) is 40.7 Å². The smallest absolute Gasteiger partial charge is 0.227 e. The van der Waals surface area contributed by atoms with Crippen molar-refractivity contribution in [2.45, 2.75) is 69.4 Å². The Balaban J connectivity index is 1.41. The largest absolute Gasteiger partial charge is 0.353 e. The van der Waals surface area contributed by atoms with Crippen molar-refractivity contribution in [3.63, 3.8) is 0 Å². The number of benzene rings is 1. The first kappa shape index (κ1) is 21.0. The van der Waals surface area contributed by atoms with Crippen LogP contribution in [-0.4, -0.2) is 39.9 Å². The van der Waals surface area contributed by atoms with Gasteiger partial charge in [-0.1, -0.05) is 43.9 Å². The Labute approximate surface area is 182 Å². The van der Waals surface area contributed by atoms with Crippen LogP contribution in [0.5, 0.6) is 0 Å². The number of anilines is 1. The number of fused-ring (bicyclic) bond motifs is 1. The van der Waals surface area contributed by atoms with E-state index in [1.165, 1.54) is 25.7 Å². The molecule has 2 amide bonds. The molecule has 1 aromatic carbocycles. The van der Waals surface area contributed by atoms with E-state index in [-0.39, 0.29) is 30.7 Å². The van der Waals surface area contributed by atoms with Crippen LogP contribution in [0, 0.1) is 6.92 Å². The van der Waals surface area contributed by atoms with E-state index in [9.17, 15) is 9.59 Å². The SMILES string of the molecule is Cc1nn(-c2ccccc2)c2c1N(C(=O)CCC(=O)NC1CCCCCC1)CCS2. The van der Waals surface area contributed by atoms with E-state index in [2.05, 4.69) is 5.32 Å². The van der Waals surface area contributed by atoms with Crippen LogP contribution in [0.4, 0.5) is 5.69 Å². The number of hydrogen-bond acceptors (Lipinski definition) is 4. The van der Waals surface area contributed by atoms with Gasteiger partial charge >= 0.3 is 0 Å². The predicted molar refractivity (Wildman–Crippen MR) is 120 cm³/mol. The predicted octanol–water partition coefficient (Wildman–Crippen LogP) is 4.24. The normalized spacial score (nSPS) is 17.3. The van der Waals surface area contributed by atoms with Crippen LogP contribution >= 0.6 is 11.8 Å². The number of nitrogens with zero attached hydrogens (tertiary/aromatic N) is 3. The summed E-state index contributed by atoms with van der Waals surface area (Å²) in [5.74, 6) is 0.826. The highest BCUT2D eigenvalue weighted by atomic mass is 32.2. The molecule has 0 saturated heterocycles. The number of nitrogens with one attached hydrogen (secondary N) is 1. The number of thioether (sulfide) groups is 1. The molecule has 4 rings (SSSR count). The molecule has 1 saturated carbocycles. The minimum atomic E-state index is -0.00133. The van der Waals surface area contributed by atoms with Crippen LogP contribution < -0.4 is 10.2 Å². The van der Waals surface area contributed by atoms with Crippen molar-refractivity contribution in [3.8, 4) is 5.69 Å². The molecule has 0 radical (unpaired) electrons. The molecule has 1 fully saturated rings. The summed E-state index contributed by atoms with van der Waals surface area (Å²) in [5, 5.41) is 8.84. The summed E-state index contributed by atoms with van der Waals surface area (Å²) >= 11 is 1.73. The summed E-state index contributed by atoms with van der Waals surface area (Å²) in [5.41, 5.74) is 2.73. The first-order valence-electron chi connectivity index (χ1n) is 11.0. The second-order valence-corrected chi connectivity index (χ2v) is 9.22.